The molecule has 2 aromatic rings. The standard InChI is InChI=1S/C24H26N2O5S/c1-32-13-10-20(21(27)26-24(11-12-24)22(28)29)25-23(30)31-14-19-17-8-4-2-6-15(17)16-7-3-5-9-18(16)19/h2-9,19-20H,10-14H2,1H3,(H,25,30)(H,26,27)(H,28,29). The number of amides is 2. The molecule has 4 rings (SSSR count). The lowest BCUT2D eigenvalue weighted by Crippen LogP contribution is -2.53. The third kappa shape index (κ3) is 4.46. The van der Waals surface area contributed by atoms with Gasteiger partial charge in [-0.2, -0.15) is 11.8 Å². The van der Waals surface area contributed by atoms with Gasteiger partial charge in [0.15, 0.2) is 0 Å². The van der Waals surface area contributed by atoms with Gasteiger partial charge in [0.2, 0.25) is 5.91 Å². The van der Waals surface area contributed by atoms with Gasteiger partial charge in [-0.15, -0.1) is 0 Å². The number of alkyl carbamates (subject to hydrolysis) is 1. The van der Waals surface area contributed by atoms with Crippen molar-refractivity contribution in [2.75, 3.05) is 18.6 Å². The SMILES string of the molecule is CSCCC(NC(=O)OCC1c2ccccc2-c2ccccc21)C(=O)NC1(C(=O)O)CC1. The van der Waals surface area contributed by atoms with Crippen LogP contribution in [0.15, 0.2) is 48.5 Å². The van der Waals surface area contributed by atoms with Gasteiger partial charge in [0.25, 0.3) is 0 Å². The molecule has 32 heavy (non-hydrogen) atoms. The van der Waals surface area contributed by atoms with Crippen molar-refractivity contribution in [3.8, 4) is 11.1 Å². The first-order valence-electron chi connectivity index (χ1n) is 10.6. The number of benzene rings is 2. The molecule has 2 aliphatic carbocycles. The zero-order chi connectivity index (χ0) is 22.7. The summed E-state index contributed by atoms with van der Waals surface area (Å²) in [6.45, 7) is 0.149. The topological polar surface area (TPSA) is 105 Å². The van der Waals surface area contributed by atoms with Gasteiger partial charge in [-0.1, -0.05) is 48.5 Å². The van der Waals surface area contributed by atoms with Crippen molar-refractivity contribution in [2.24, 2.45) is 0 Å². The van der Waals surface area contributed by atoms with E-state index in [9.17, 15) is 19.5 Å². The fourth-order valence-electron chi connectivity index (χ4n) is 4.13. The number of thioether (sulfide) groups is 1. The van der Waals surface area contributed by atoms with Crippen molar-refractivity contribution < 1.29 is 24.2 Å². The molecule has 0 spiro atoms. The predicted molar refractivity (Wildman–Crippen MR) is 123 cm³/mol. The number of hydrogen-bond acceptors (Lipinski definition) is 5. The molecule has 0 aliphatic heterocycles. The van der Waals surface area contributed by atoms with Crippen LogP contribution in [0.25, 0.3) is 11.1 Å². The van der Waals surface area contributed by atoms with Crippen LogP contribution in [0.3, 0.4) is 0 Å². The van der Waals surface area contributed by atoms with Crippen molar-refractivity contribution in [3.05, 3.63) is 59.7 Å². The van der Waals surface area contributed by atoms with E-state index < -0.39 is 29.6 Å². The van der Waals surface area contributed by atoms with Gasteiger partial charge in [-0.3, -0.25) is 4.79 Å². The molecule has 1 fully saturated rings. The number of fused-ring (bicyclic) bond motifs is 3. The highest BCUT2D eigenvalue weighted by Gasteiger charge is 2.52. The number of carbonyl (C=O) groups is 3. The molecule has 2 amide bonds. The minimum absolute atomic E-state index is 0.0756. The molecule has 8 heteroatoms. The van der Waals surface area contributed by atoms with Crippen LogP contribution in [0.1, 0.15) is 36.3 Å². The molecule has 0 saturated heterocycles. The molecular weight excluding hydrogens is 428 g/mol. The molecule has 1 atom stereocenters. The van der Waals surface area contributed by atoms with E-state index in [1.807, 2.05) is 42.7 Å². The highest BCUT2D eigenvalue weighted by molar-refractivity contribution is 7.98. The van der Waals surface area contributed by atoms with E-state index in [1.165, 1.54) is 0 Å². The Labute approximate surface area is 190 Å². The number of nitrogens with one attached hydrogen (secondary N) is 2. The highest BCUT2D eigenvalue weighted by atomic mass is 32.2. The van der Waals surface area contributed by atoms with E-state index in [1.54, 1.807) is 11.8 Å². The number of hydrogen-bond donors (Lipinski definition) is 3. The quantitative estimate of drug-likeness (QED) is 0.537. The van der Waals surface area contributed by atoms with Crippen LogP contribution >= 0.6 is 11.8 Å². The zero-order valence-corrected chi connectivity index (χ0v) is 18.6. The van der Waals surface area contributed by atoms with E-state index in [4.69, 9.17) is 4.74 Å². The number of carboxylic acid groups (broad SMARTS) is 1. The highest BCUT2D eigenvalue weighted by Crippen LogP contribution is 2.44. The van der Waals surface area contributed by atoms with E-state index in [0.717, 1.165) is 22.3 Å². The molecule has 0 radical (unpaired) electrons. The molecule has 168 valence electrons. The molecule has 1 saturated carbocycles. The van der Waals surface area contributed by atoms with Crippen molar-refractivity contribution in [2.45, 2.75) is 36.8 Å². The van der Waals surface area contributed by atoms with Gasteiger partial charge in [0.05, 0.1) is 0 Å². The van der Waals surface area contributed by atoms with Crippen molar-refractivity contribution in [3.63, 3.8) is 0 Å². The zero-order valence-electron chi connectivity index (χ0n) is 17.8. The van der Waals surface area contributed by atoms with Crippen molar-refractivity contribution >= 4 is 29.7 Å². The summed E-state index contributed by atoms with van der Waals surface area (Å²) in [5.74, 6) is -0.974. The lowest BCUT2D eigenvalue weighted by Gasteiger charge is -2.21. The summed E-state index contributed by atoms with van der Waals surface area (Å²) in [4.78, 5) is 36.7. The molecule has 7 nitrogen and oxygen atoms in total. The minimum atomic E-state index is -1.20. The Morgan fingerprint density at radius 2 is 1.69 bits per heavy atom. The number of carboxylic acids is 1. The fourth-order valence-corrected chi connectivity index (χ4v) is 4.60. The second-order valence-electron chi connectivity index (χ2n) is 8.18. The molecule has 3 N–H and O–H groups in total. The predicted octanol–water partition coefficient (Wildman–Crippen LogP) is 3.38. The second kappa shape index (κ2) is 9.24. The maximum absolute atomic E-state index is 12.7. The monoisotopic (exact) mass is 454 g/mol. The van der Waals surface area contributed by atoms with Gasteiger partial charge < -0.3 is 20.5 Å². The number of carbonyl (C=O) groups excluding carboxylic acids is 2. The lowest BCUT2D eigenvalue weighted by molar-refractivity contribution is -0.143. The second-order valence-corrected chi connectivity index (χ2v) is 9.17. The van der Waals surface area contributed by atoms with Crippen LogP contribution in [0, 0.1) is 0 Å². The molecular formula is C24H26N2O5S. The van der Waals surface area contributed by atoms with E-state index in [0.29, 0.717) is 25.0 Å². The smallest absolute Gasteiger partial charge is 0.407 e. The molecule has 1 unspecified atom stereocenters. The molecule has 2 aliphatic rings. The summed E-state index contributed by atoms with van der Waals surface area (Å²) in [5, 5.41) is 14.5. The van der Waals surface area contributed by atoms with Crippen LogP contribution in [0.2, 0.25) is 0 Å². The van der Waals surface area contributed by atoms with E-state index >= 15 is 0 Å². The normalized spacial score (nSPS) is 16.4. The first kappa shape index (κ1) is 22.2. The molecule has 2 aromatic carbocycles. The van der Waals surface area contributed by atoms with Gasteiger partial charge in [0, 0.05) is 5.92 Å². The van der Waals surface area contributed by atoms with Crippen molar-refractivity contribution in [1.82, 2.24) is 10.6 Å². The number of ether oxygens (including phenoxy) is 1. The van der Waals surface area contributed by atoms with Gasteiger partial charge in [0.1, 0.15) is 18.2 Å². The first-order chi connectivity index (χ1) is 15.4. The maximum atomic E-state index is 12.7. The maximum Gasteiger partial charge on any atom is 0.407 e. The lowest BCUT2D eigenvalue weighted by atomic mass is 9.98. The van der Waals surface area contributed by atoms with Crippen LogP contribution in [0.4, 0.5) is 4.79 Å². The van der Waals surface area contributed by atoms with Crippen LogP contribution < -0.4 is 10.6 Å². The third-order valence-corrected chi connectivity index (χ3v) is 6.73. The third-order valence-electron chi connectivity index (χ3n) is 6.08. The summed E-state index contributed by atoms with van der Waals surface area (Å²) in [5.41, 5.74) is 3.29. The number of aliphatic carboxylic acids is 1. The van der Waals surface area contributed by atoms with Crippen LogP contribution in [-0.2, 0) is 14.3 Å². The Bertz CT molecular complexity index is 991. The summed E-state index contributed by atoms with van der Waals surface area (Å²) < 4.78 is 5.54. The summed E-state index contributed by atoms with van der Waals surface area (Å²) in [6.07, 6.45) is 2.39. The number of rotatable bonds is 9. The molecule has 0 heterocycles. The molecule has 0 aromatic heterocycles. The van der Waals surface area contributed by atoms with Gasteiger partial charge in [-0.25, -0.2) is 9.59 Å². The Morgan fingerprint density at radius 1 is 1.09 bits per heavy atom. The summed E-state index contributed by atoms with van der Waals surface area (Å²) in [6, 6.07) is 15.3. The fraction of sp³-hybridized carbons (Fsp3) is 0.375. The van der Waals surface area contributed by atoms with E-state index in [-0.39, 0.29) is 12.5 Å². The molecule has 0 bridgehead atoms. The summed E-state index contributed by atoms with van der Waals surface area (Å²) >= 11 is 1.54. The minimum Gasteiger partial charge on any atom is -0.480 e. The average molecular weight is 455 g/mol. The Balaban J connectivity index is 1.40. The van der Waals surface area contributed by atoms with Gasteiger partial charge >= 0.3 is 12.1 Å². The van der Waals surface area contributed by atoms with E-state index in [2.05, 4.69) is 22.8 Å². The van der Waals surface area contributed by atoms with Crippen molar-refractivity contribution in [1.29, 1.82) is 0 Å². The largest absolute Gasteiger partial charge is 0.480 e. The Kier molecular flexibility index (Phi) is 6.41. The van der Waals surface area contributed by atoms with Gasteiger partial charge in [-0.05, 0) is 53.5 Å². The Morgan fingerprint density at radius 3 is 2.22 bits per heavy atom. The van der Waals surface area contributed by atoms with Crippen LogP contribution in [0.5, 0.6) is 0 Å². The average Bonchev–Trinajstić information content (AvgIpc) is 3.51. The summed E-state index contributed by atoms with van der Waals surface area (Å²) in [7, 11) is 0. The Hall–Kier alpha value is -3.00. The first-order valence-corrected chi connectivity index (χ1v) is 12.0. The van der Waals surface area contributed by atoms with Crippen LogP contribution in [-0.4, -0.2) is 53.3 Å².